The molecule has 2 nitrogen and oxygen atoms in total. The van der Waals surface area contributed by atoms with E-state index in [0.29, 0.717) is 0 Å². The Kier molecular flexibility index (Phi) is 4.95. The first-order valence-corrected chi connectivity index (χ1v) is 6.33. The van der Waals surface area contributed by atoms with Crippen molar-refractivity contribution in [1.29, 1.82) is 0 Å². The number of thioether (sulfide) groups is 1. The van der Waals surface area contributed by atoms with Gasteiger partial charge in [-0.25, -0.2) is 4.98 Å². The molecular formula is C12H20N2S. The fourth-order valence-electron chi connectivity index (χ4n) is 1.61. The van der Waals surface area contributed by atoms with Crippen LogP contribution in [0.15, 0.2) is 18.3 Å². The SMILES string of the molecule is C.CCc1ccc(N2CCSCC2)nc1. The van der Waals surface area contributed by atoms with Gasteiger partial charge in [-0.2, -0.15) is 11.8 Å². The monoisotopic (exact) mass is 224 g/mol. The second kappa shape index (κ2) is 6.01. The van der Waals surface area contributed by atoms with Crippen molar-refractivity contribution in [2.24, 2.45) is 0 Å². The molecule has 1 saturated heterocycles. The lowest BCUT2D eigenvalue weighted by Gasteiger charge is -2.27. The summed E-state index contributed by atoms with van der Waals surface area (Å²) in [6, 6.07) is 4.33. The number of hydrogen-bond acceptors (Lipinski definition) is 3. The highest BCUT2D eigenvalue weighted by Gasteiger charge is 2.11. The molecule has 15 heavy (non-hydrogen) atoms. The lowest BCUT2D eigenvalue weighted by molar-refractivity contribution is 0.837. The number of rotatable bonds is 2. The highest BCUT2D eigenvalue weighted by molar-refractivity contribution is 7.99. The zero-order chi connectivity index (χ0) is 9.80. The summed E-state index contributed by atoms with van der Waals surface area (Å²) in [6.07, 6.45) is 3.07. The van der Waals surface area contributed by atoms with E-state index in [2.05, 4.69) is 28.9 Å². The first-order chi connectivity index (χ1) is 6.90. The molecular weight excluding hydrogens is 204 g/mol. The summed E-state index contributed by atoms with van der Waals surface area (Å²) in [5.41, 5.74) is 1.32. The van der Waals surface area contributed by atoms with E-state index in [1.165, 1.54) is 17.1 Å². The molecule has 1 aromatic rings. The van der Waals surface area contributed by atoms with Crippen molar-refractivity contribution in [2.75, 3.05) is 29.5 Å². The standard InChI is InChI=1S/C11H16N2S.CH4/c1-2-10-3-4-11(12-9-10)13-5-7-14-8-6-13;/h3-4,9H,2,5-8H2,1H3;1H4. The van der Waals surface area contributed by atoms with Gasteiger partial charge in [-0.15, -0.1) is 0 Å². The first-order valence-electron chi connectivity index (χ1n) is 5.18. The van der Waals surface area contributed by atoms with E-state index in [9.17, 15) is 0 Å². The van der Waals surface area contributed by atoms with Crippen LogP contribution in [-0.2, 0) is 6.42 Å². The van der Waals surface area contributed by atoms with Crippen LogP contribution in [0.3, 0.4) is 0 Å². The zero-order valence-corrected chi connectivity index (χ0v) is 9.39. The van der Waals surface area contributed by atoms with Crippen LogP contribution in [0.1, 0.15) is 19.9 Å². The van der Waals surface area contributed by atoms with Crippen molar-refractivity contribution >= 4 is 17.6 Å². The summed E-state index contributed by atoms with van der Waals surface area (Å²) in [5.74, 6) is 3.61. The van der Waals surface area contributed by atoms with Gasteiger partial charge in [-0.05, 0) is 18.1 Å². The van der Waals surface area contributed by atoms with Crippen LogP contribution in [0, 0.1) is 0 Å². The van der Waals surface area contributed by atoms with Crippen molar-refractivity contribution in [2.45, 2.75) is 20.8 Å². The molecule has 84 valence electrons. The third-order valence-corrected chi connectivity index (χ3v) is 3.49. The van der Waals surface area contributed by atoms with Crippen molar-refractivity contribution in [3.8, 4) is 0 Å². The Bertz CT molecular complexity index is 278. The molecule has 2 heterocycles. The number of aryl methyl sites for hydroxylation is 1. The van der Waals surface area contributed by atoms with Crippen molar-refractivity contribution in [3.63, 3.8) is 0 Å². The normalized spacial score (nSPS) is 15.9. The third-order valence-electron chi connectivity index (χ3n) is 2.55. The predicted octanol–water partition coefficient (Wildman–Crippen LogP) is 2.83. The highest BCUT2D eigenvalue weighted by atomic mass is 32.2. The van der Waals surface area contributed by atoms with Crippen molar-refractivity contribution in [1.82, 2.24) is 4.98 Å². The van der Waals surface area contributed by atoms with E-state index in [1.807, 2.05) is 18.0 Å². The molecule has 1 fully saturated rings. The molecule has 0 saturated carbocycles. The minimum Gasteiger partial charge on any atom is -0.355 e. The van der Waals surface area contributed by atoms with Crippen LogP contribution >= 0.6 is 11.8 Å². The van der Waals surface area contributed by atoms with Crippen LogP contribution in [0.4, 0.5) is 5.82 Å². The molecule has 0 radical (unpaired) electrons. The van der Waals surface area contributed by atoms with Crippen LogP contribution in [0.25, 0.3) is 0 Å². The largest absolute Gasteiger partial charge is 0.355 e. The molecule has 0 amide bonds. The van der Waals surface area contributed by atoms with Gasteiger partial charge in [0.05, 0.1) is 0 Å². The summed E-state index contributed by atoms with van der Waals surface area (Å²) < 4.78 is 0. The average Bonchev–Trinajstić information content (AvgIpc) is 2.30. The van der Waals surface area contributed by atoms with E-state index < -0.39 is 0 Å². The van der Waals surface area contributed by atoms with Gasteiger partial charge < -0.3 is 4.90 Å². The van der Waals surface area contributed by atoms with Crippen LogP contribution in [0.2, 0.25) is 0 Å². The molecule has 0 unspecified atom stereocenters. The highest BCUT2D eigenvalue weighted by Crippen LogP contribution is 2.17. The van der Waals surface area contributed by atoms with Crippen LogP contribution < -0.4 is 4.90 Å². The van der Waals surface area contributed by atoms with E-state index in [1.54, 1.807) is 0 Å². The third kappa shape index (κ3) is 3.13. The van der Waals surface area contributed by atoms with Gasteiger partial charge in [-0.3, -0.25) is 0 Å². The van der Waals surface area contributed by atoms with Gasteiger partial charge in [0, 0.05) is 30.8 Å². The summed E-state index contributed by atoms with van der Waals surface area (Å²) in [5, 5.41) is 0. The lowest BCUT2D eigenvalue weighted by Crippen LogP contribution is -2.32. The summed E-state index contributed by atoms with van der Waals surface area (Å²) in [4.78, 5) is 6.86. The lowest BCUT2D eigenvalue weighted by atomic mass is 10.2. The topological polar surface area (TPSA) is 16.1 Å². The Balaban J connectivity index is 0.00000112. The Labute approximate surface area is 97.1 Å². The second-order valence-corrected chi connectivity index (χ2v) is 4.70. The molecule has 0 aromatic carbocycles. The maximum atomic E-state index is 4.49. The quantitative estimate of drug-likeness (QED) is 0.768. The van der Waals surface area contributed by atoms with E-state index in [-0.39, 0.29) is 7.43 Å². The fourth-order valence-corrected chi connectivity index (χ4v) is 2.51. The van der Waals surface area contributed by atoms with Gasteiger partial charge in [0.15, 0.2) is 0 Å². The summed E-state index contributed by atoms with van der Waals surface area (Å²) in [7, 11) is 0. The fraction of sp³-hybridized carbons (Fsp3) is 0.583. The Morgan fingerprint density at radius 2 is 2.07 bits per heavy atom. The molecule has 3 heteroatoms. The number of anilines is 1. The van der Waals surface area contributed by atoms with Gasteiger partial charge in [0.25, 0.3) is 0 Å². The minimum atomic E-state index is 0. The Morgan fingerprint density at radius 1 is 1.33 bits per heavy atom. The van der Waals surface area contributed by atoms with Gasteiger partial charge >= 0.3 is 0 Å². The number of hydrogen-bond donors (Lipinski definition) is 0. The van der Waals surface area contributed by atoms with Crippen LogP contribution in [-0.4, -0.2) is 29.6 Å². The van der Waals surface area contributed by atoms with Gasteiger partial charge in [0.2, 0.25) is 0 Å². The molecule has 0 atom stereocenters. The van der Waals surface area contributed by atoms with Gasteiger partial charge in [-0.1, -0.05) is 20.4 Å². The maximum absolute atomic E-state index is 4.49. The number of nitrogens with zero attached hydrogens (tertiary/aromatic N) is 2. The number of pyridine rings is 1. The van der Waals surface area contributed by atoms with Crippen molar-refractivity contribution in [3.05, 3.63) is 23.9 Å². The maximum Gasteiger partial charge on any atom is 0.128 e. The van der Waals surface area contributed by atoms with E-state index >= 15 is 0 Å². The molecule has 1 aliphatic rings. The smallest absolute Gasteiger partial charge is 0.128 e. The molecule has 0 N–H and O–H groups in total. The first kappa shape index (κ1) is 12.4. The molecule has 2 rings (SSSR count). The van der Waals surface area contributed by atoms with Crippen molar-refractivity contribution < 1.29 is 0 Å². The van der Waals surface area contributed by atoms with E-state index in [4.69, 9.17) is 0 Å². The summed E-state index contributed by atoms with van der Waals surface area (Å²) in [6.45, 7) is 4.44. The summed E-state index contributed by atoms with van der Waals surface area (Å²) >= 11 is 2.03. The Hall–Kier alpha value is -0.700. The molecule has 1 aromatic heterocycles. The molecule has 1 aliphatic heterocycles. The molecule has 0 aliphatic carbocycles. The van der Waals surface area contributed by atoms with Gasteiger partial charge in [0.1, 0.15) is 5.82 Å². The molecule has 0 bridgehead atoms. The van der Waals surface area contributed by atoms with E-state index in [0.717, 1.165) is 25.3 Å². The van der Waals surface area contributed by atoms with Crippen LogP contribution in [0.5, 0.6) is 0 Å². The minimum absolute atomic E-state index is 0. The Morgan fingerprint density at radius 3 is 2.60 bits per heavy atom. The second-order valence-electron chi connectivity index (χ2n) is 3.48. The predicted molar refractivity (Wildman–Crippen MR) is 69.9 cm³/mol. The average molecular weight is 224 g/mol. The zero-order valence-electron chi connectivity index (χ0n) is 8.57. The number of aromatic nitrogens is 1. The molecule has 0 spiro atoms.